The molecule has 2 aromatic rings. The summed E-state index contributed by atoms with van der Waals surface area (Å²) in [5.74, 6) is 2.78. The molecule has 0 aromatic heterocycles. The minimum atomic E-state index is 0.623. The van der Waals surface area contributed by atoms with Crippen molar-refractivity contribution >= 4 is 5.76 Å². The van der Waals surface area contributed by atoms with E-state index in [1.807, 2.05) is 36.4 Å². The highest BCUT2D eigenvalue weighted by atomic mass is 16.5. The Balaban J connectivity index is 2.20. The number of benzene rings is 2. The highest BCUT2D eigenvalue weighted by Crippen LogP contribution is 2.30. The topological polar surface area (TPSA) is 36.9 Å². The molecular formula is C20H24O4. The molecule has 0 unspecified atom stereocenters. The molecule has 4 nitrogen and oxygen atoms in total. The molecule has 2 aromatic carbocycles. The predicted octanol–water partition coefficient (Wildman–Crippen LogP) is 4.68. The molecule has 128 valence electrons. The van der Waals surface area contributed by atoms with Gasteiger partial charge in [0.25, 0.3) is 0 Å². The number of rotatable bonds is 8. The van der Waals surface area contributed by atoms with Crippen LogP contribution in [-0.4, -0.2) is 21.3 Å². The van der Waals surface area contributed by atoms with Crippen LogP contribution >= 0.6 is 0 Å². The zero-order valence-electron chi connectivity index (χ0n) is 14.7. The molecule has 0 aliphatic heterocycles. The molecule has 0 spiro atoms. The quantitative estimate of drug-likeness (QED) is 0.659. The van der Waals surface area contributed by atoms with E-state index >= 15 is 0 Å². The Hall–Kier alpha value is -2.62. The van der Waals surface area contributed by atoms with Crippen molar-refractivity contribution in [3.05, 3.63) is 59.9 Å². The van der Waals surface area contributed by atoms with E-state index in [0.717, 1.165) is 24.2 Å². The number of hydrogen-bond donors (Lipinski definition) is 0. The second-order valence-corrected chi connectivity index (χ2v) is 5.27. The normalized spacial score (nSPS) is 11.1. The smallest absolute Gasteiger partial charge is 0.168 e. The van der Waals surface area contributed by atoms with Crippen LogP contribution in [0.5, 0.6) is 17.2 Å². The molecule has 0 saturated carbocycles. The molecule has 0 heterocycles. The van der Waals surface area contributed by atoms with Gasteiger partial charge in [-0.05, 0) is 48.4 Å². The number of methoxy groups -OCH3 is 3. The van der Waals surface area contributed by atoms with Crippen molar-refractivity contribution in [3.63, 3.8) is 0 Å². The number of aryl methyl sites for hydroxylation is 1. The van der Waals surface area contributed by atoms with Gasteiger partial charge in [-0.1, -0.05) is 19.4 Å². The third-order valence-electron chi connectivity index (χ3n) is 3.65. The maximum Gasteiger partial charge on any atom is 0.168 e. The Kier molecular flexibility index (Phi) is 6.55. The molecular weight excluding hydrogens is 304 g/mol. The molecule has 4 heteroatoms. The van der Waals surface area contributed by atoms with Crippen molar-refractivity contribution in [2.45, 2.75) is 19.8 Å². The van der Waals surface area contributed by atoms with Gasteiger partial charge in [0, 0.05) is 5.56 Å². The van der Waals surface area contributed by atoms with E-state index in [4.69, 9.17) is 18.9 Å². The van der Waals surface area contributed by atoms with E-state index < -0.39 is 0 Å². The third kappa shape index (κ3) is 4.44. The highest BCUT2D eigenvalue weighted by molar-refractivity contribution is 5.60. The van der Waals surface area contributed by atoms with Crippen LogP contribution < -0.4 is 14.2 Å². The Labute approximate surface area is 143 Å². The van der Waals surface area contributed by atoms with Gasteiger partial charge in [0.15, 0.2) is 17.3 Å². The molecule has 0 N–H and O–H groups in total. The largest absolute Gasteiger partial charge is 0.497 e. The lowest BCUT2D eigenvalue weighted by Gasteiger charge is -2.11. The van der Waals surface area contributed by atoms with E-state index in [1.165, 1.54) is 5.56 Å². The second-order valence-electron chi connectivity index (χ2n) is 5.27. The number of ether oxygens (including phenoxy) is 4. The van der Waals surface area contributed by atoms with Gasteiger partial charge in [0.05, 0.1) is 21.3 Å². The first-order valence-corrected chi connectivity index (χ1v) is 7.94. The predicted molar refractivity (Wildman–Crippen MR) is 95.6 cm³/mol. The van der Waals surface area contributed by atoms with Gasteiger partial charge in [0.1, 0.15) is 12.0 Å². The van der Waals surface area contributed by atoms with Crippen molar-refractivity contribution in [1.82, 2.24) is 0 Å². The van der Waals surface area contributed by atoms with Gasteiger partial charge in [-0.2, -0.15) is 0 Å². The van der Waals surface area contributed by atoms with E-state index in [9.17, 15) is 0 Å². The molecule has 0 amide bonds. The van der Waals surface area contributed by atoms with Crippen LogP contribution in [0.1, 0.15) is 24.5 Å². The summed E-state index contributed by atoms with van der Waals surface area (Å²) in [4.78, 5) is 0. The molecule has 0 bridgehead atoms. The first-order chi connectivity index (χ1) is 11.7. The second kappa shape index (κ2) is 8.87. The maximum absolute atomic E-state index is 5.78. The average molecular weight is 328 g/mol. The molecule has 0 atom stereocenters. The molecule has 0 saturated heterocycles. The lowest BCUT2D eigenvalue weighted by Crippen LogP contribution is -1.95. The summed E-state index contributed by atoms with van der Waals surface area (Å²) in [5.41, 5.74) is 2.13. The van der Waals surface area contributed by atoms with Crippen molar-refractivity contribution in [2.75, 3.05) is 21.3 Å². The van der Waals surface area contributed by atoms with Crippen molar-refractivity contribution in [2.24, 2.45) is 0 Å². The SMILES string of the molecule is CCCc1ccc(O/C=C(/OC)c2ccc(OC)cc2)c(OC)c1. The zero-order valence-corrected chi connectivity index (χ0v) is 14.7. The third-order valence-corrected chi connectivity index (χ3v) is 3.65. The van der Waals surface area contributed by atoms with Crippen LogP contribution in [-0.2, 0) is 11.2 Å². The van der Waals surface area contributed by atoms with E-state index in [2.05, 4.69) is 13.0 Å². The van der Waals surface area contributed by atoms with Crippen LogP contribution in [0.2, 0.25) is 0 Å². The van der Waals surface area contributed by atoms with Crippen LogP contribution in [0.3, 0.4) is 0 Å². The Bertz CT molecular complexity index is 675. The van der Waals surface area contributed by atoms with Gasteiger partial charge in [-0.25, -0.2) is 0 Å². The molecule has 0 fully saturated rings. The van der Waals surface area contributed by atoms with Gasteiger partial charge < -0.3 is 18.9 Å². The summed E-state index contributed by atoms with van der Waals surface area (Å²) in [6, 6.07) is 13.6. The fraction of sp³-hybridized carbons (Fsp3) is 0.300. The van der Waals surface area contributed by atoms with Crippen molar-refractivity contribution in [1.29, 1.82) is 0 Å². The zero-order chi connectivity index (χ0) is 17.4. The molecule has 0 radical (unpaired) electrons. The molecule has 2 rings (SSSR count). The highest BCUT2D eigenvalue weighted by Gasteiger charge is 2.07. The van der Waals surface area contributed by atoms with E-state index in [-0.39, 0.29) is 0 Å². The first kappa shape index (κ1) is 17.7. The van der Waals surface area contributed by atoms with Gasteiger partial charge in [0.2, 0.25) is 0 Å². The van der Waals surface area contributed by atoms with Crippen molar-refractivity contribution in [3.8, 4) is 17.2 Å². The van der Waals surface area contributed by atoms with Gasteiger partial charge in [-0.3, -0.25) is 0 Å². The standard InChI is InChI=1S/C20H24O4/c1-5-6-15-7-12-18(19(13-15)22-3)24-14-20(23-4)16-8-10-17(21-2)11-9-16/h7-14H,5-6H2,1-4H3/b20-14+. The minimum absolute atomic E-state index is 0.623. The fourth-order valence-corrected chi connectivity index (χ4v) is 2.36. The van der Waals surface area contributed by atoms with Crippen LogP contribution in [0, 0.1) is 0 Å². The van der Waals surface area contributed by atoms with Crippen LogP contribution in [0.25, 0.3) is 5.76 Å². The average Bonchev–Trinajstić information content (AvgIpc) is 2.63. The first-order valence-electron chi connectivity index (χ1n) is 7.94. The van der Waals surface area contributed by atoms with Crippen LogP contribution in [0.4, 0.5) is 0 Å². The Morgan fingerprint density at radius 1 is 0.917 bits per heavy atom. The lowest BCUT2D eigenvalue weighted by molar-refractivity contribution is 0.342. The van der Waals surface area contributed by atoms with Gasteiger partial charge in [-0.15, -0.1) is 0 Å². The monoisotopic (exact) mass is 328 g/mol. The summed E-state index contributed by atoms with van der Waals surface area (Å²) in [6.07, 6.45) is 3.69. The van der Waals surface area contributed by atoms with E-state index in [0.29, 0.717) is 17.3 Å². The van der Waals surface area contributed by atoms with Gasteiger partial charge >= 0.3 is 0 Å². The summed E-state index contributed by atoms with van der Waals surface area (Å²) in [5, 5.41) is 0. The molecule has 24 heavy (non-hydrogen) atoms. The minimum Gasteiger partial charge on any atom is -0.497 e. The van der Waals surface area contributed by atoms with Crippen LogP contribution in [0.15, 0.2) is 48.7 Å². The number of hydrogen-bond acceptors (Lipinski definition) is 4. The Morgan fingerprint density at radius 3 is 2.25 bits per heavy atom. The lowest BCUT2D eigenvalue weighted by atomic mass is 10.1. The van der Waals surface area contributed by atoms with E-state index in [1.54, 1.807) is 27.6 Å². The Morgan fingerprint density at radius 2 is 1.67 bits per heavy atom. The molecule has 0 aliphatic rings. The summed E-state index contributed by atoms with van der Waals surface area (Å²) in [7, 11) is 4.89. The summed E-state index contributed by atoms with van der Waals surface area (Å²) in [6.45, 7) is 2.15. The molecule has 0 aliphatic carbocycles. The maximum atomic E-state index is 5.78. The summed E-state index contributed by atoms with van der Waals surface area (Å²) >= 11 is 0. The summed E-state index contributed by atoms with van der Waals surface area (Å²) < 4.78 is 21.8. The van der Waals surface area contributed by atoms with Crippen molar-refractivity contribution < 1.29 is 18.9 Å². The fourth-order valence-electron chi connectivity index (χ4n) is 2.36.